The predicted molar refractivity (Wildman–Crippen MR) is 66.0 cm³/mol. The van der Waals surface area contributed by atoms with Crippen LogP contribution in [0.3, 0.4) is 0 Å². The monoisotopic (exact) mass is 220 g/mol. The first-order valence-electron chi connectivity index (χ1n) is 6.73. The molecule has 3 aliphatic rings. The lowest BCUT2D eigenvalue weighted by molar-refractivity contribution is -0.00768. The SMILES string of the molecule is C=C1CC(O)C23CC(C)CC2C(C)(C)C1C3. The molecular formula is C15H24O. The molecular weight excluding hydrogens is 196 g/mol. The van der Waals surface area contributed by atoms with Gasteiger partial charge in [0.2, 0.25) is 0 Å². The third-order valence-corrected chi connectivity index (χ3v) is 6.05. The van der Waals surface area contributed by atoms with E-state index in [4.69, 9.17) is 0 Å². The van der Waals surface area contributed by atoms with E-state index in [1.807, 2.05) is 0 Å². The van der Waals surface area contributed by atoms with E-state index in [2.05, 4.69) is 27.4 Å². The molecule has 0 radical (unpaired) electrons. The van der Waals surface area contributed by atoms with Gasteiger partial charge in [-0.15, -0.1) is 0 Å². The average Bonchev–Trinajstić information content (AvgIpc) is 2.58. The molecule has 0 aliphatic heterocycles. The molecule has 2 bridgehead atoms. The van der Waals surface area contributed by atoms with E-state index >= 15 is 0 Å². The molecule has 0 aromatic rings. The summed E-state index contributed by atoms with van der Waals surface area (Å²) in [5.41, 5.74) is 1.92. The Morgan fingerprint density at radius 1 is 1.31 bits per heavy atom. The molecule has 0 aromatic carbocycles. The Hall–Kier alpha value is -0.300. The van der Waals surface area contributed by atoms with Crippen LogP contribution >= 0.6 is 0 Å². The second-order valence-corrected chi connectivity index (χ2v) is 7.29. The Morgan fingerprint density at radius 3 is 2.69 bits per heavy atom. The number of aliphatic hydroxyl groups excluding tert-OH is 1. The highest BCUT2D eigenvalue weighted by Crippen LogP contribution is 2.71. The maximum Gasteiger partial charge on any atom is 0.0636 e. The van der Waals surface area contributed by atoms with Gasteiger partial charge in [0.25, 0.3) is 0 Å². The zero-order chi connectivity index (χ0) is 11.7. The lowest BCUT2D eigenvalue weighted by Crippen LogP contribution is -2.38. The first kappa shape index (κ1) is 10.8. The summed E-state index contributed by atoms with van der Waals surface area (Å²) in [5.74, 6) is 2.17. The van der Waals surface area contributed by atoms with Crippen molar-refractivity contribution in [3.05, 3.63) is 12.2 Å². The fraction of sp³-hybridized carbons (Fsp3) is 0.867. The maximum absolute atomic E-state index is 10.5. The van der Waals surface area contributed by atoms with Crippen molar-refractivity contribution < 1.29 is 5.11 Å². The Labute approximate surface area is 98.9 Å². The summed E-state index contributed by atoms with van der Waals surface area (Å²) in [6, 6.07) is 0. The quantitative estimate of drug-likeness (QED) is 0.620. The van der Waals surface area contributed by atoms with E-state index in [9.17, 15) is 5.11 Å². The van der Waals surface area contributed by atoms with Gasteiger partial charge in [0.1, 0.15) is 0 Å². The van der Waals surface area contributed by atoms with E-state index in [1.54, 1.807) is 0 Å². The third kappa shape index (κ3) is 1.06. The zero-order valence-electron chi connectivity index (χ0n) is 10.8. The van der Waals surface area contributed by atoms with Crippen LogP contribution in [0.1, 0.15) is 46.5 Å². The normalized spacial score (nSPS) is 54.1. The van der Waals surface area contributed by atoms with Crippen LogP contribution in [0, 0.1) is 28.6 Å². The van der Waals surface area contributed by atoms with Crippen molar-refractivity contribution in [2.45, 2.75) is 52.6 Å². The molecule has 0 heterocycles. The van der Waals surface area contributed by atoms with Crippen molar-refractivity contribution in [1.82, 2.24) is 0 Å². The Bertz CT molecular complexity index is 343. The van der Waals surface area contributed by atoms with Crippen molar-refractivity contribution in [3.63, 3.8) is 0 Å². The minimum Gasteiger partial charge on any atom is -0.392 e. The van der Waals surface area contributed by atoms with Crippen LogP contribution in [-0.2, 0) is 0 Å². The summed E-state index contributed by atoms with van der Waals surface area (Å²) in [6.45, 7) is 11.4. The predicted octanol–water partition coefficient (Wildman–Crippen LogP) is 3.39. The van der Waals surface area contributed by atoms with Crippen LogP contribution in [-0.4, -0.2) is 11.2 Å². The van der Waals surface area contributed by atoms with Gasteiger partial charge in [-0.3, -0.25) is 0 Å². The Balaban J connectivity index is 2.08. The highest BCUT2D eigenvalue weighted by molar-refractivity contribution is 5.25. The van der Waals surface area contributed by atoms with Crippen LogP contribution < -0.4 is 0 Å². The van der Waals surface area contributed by atoms with Gasteiger partial charge in [0.15, 0.2) is 0 Å². The highest BCUT2D eigenvalue weighted by Gasteiger charge is 2.66. The topological polar surface area (TPSA) is 20.2 Å². The molecule has 16 heavy (non-hydrogen) atoms. The summed E-state index contributed by atoms with van der Waals surface area (Å²) in [7, 11) is 0. The largest absolute Gasteiger partial charge is 0.392 e. The van der Waals surface area contributed by atoms with Gasteiger partial charge in [-0.05, 0) is 48.9 Å². The second kappa shape index (κ2) is 2.93. The van der Waals surface area contributed by atoms with Crippen molar-refractivity contribution in [1.29, 1.82) is 0 Å². The lowest BCUT2D eigenvalue weighted by Gasteiger charge is -2.39. The van der Waals surface area contributed by atoms with Crippen molar-refractivity contribution in [3.8, 4) is 0 Å². The molecule has 3 saturated carbocycles. The molecule has 1 spiro atoms. The van der Waals surface area contributed by atoms with Gasteiger partial charge < -0.3 is 5.11 Å². The second-order valence-electron chi connectivity index (χ2n) is 7.29. The standard InChI is InChI=1S/C15H24O/c1-9-5-12-14(3,4)11-8-15(12,7-9)13(16)6-10(11)2/h9,11-13,16H,2,5-8H2,1,3-4H3. The molecule has 1 nitrogen and oxygen atoms in total. The fourth-order valence-corrected chi connectivity index (χ4v) is 5.44. The summed E-state index contributed by atoms with van der Waals surface area (Å²) >= 11 is 0. The van der Waals surface area contributed by atoms with Gasteiger partial charge >= 0.3 is 0 Å². The van der Waals surface area contributed by atoms with Gasteiger partial charge in [-0.1, -0.05) is 32.9 Å². The van der Waals surface area contributed by atoms with Crippen molar-refractivity contribution in [2.24, 2.45) is 28.6 Å². The summed E-state index contributed by atoms with van der Waals surface area (Å²) in [6.07, 6.45) is 4.50. The smallest absolute Gasteiger partial charge is 0.0636 e. The van der Waals surface area contributed by atoms with Gasteiger partial charge in [0, 0.05) is 5.41 Å². The Kier molecular flexibility index (Phi) is 1.98. The van der Waals surface area contributed by atoms with E-state index in [-0.39, 0.29) is 11.5 Å². The summed E-state index contributed by atoms with van der Waals surface area (Å²) in [4.78, 5) is 0. The molecule has 5 unspecified atom stereocenters. The van der Waals surface area contributed by atoms with E-state index in [0.717, 1.165) is 12.3 Å². The number of aliphatic hydroxyl groups is 1. The van der Waals surface area contributed by atoms with Crippen LogP contribution in [0.2, 0.25) is 0 Å². The summed E-state index contributed by atoms with van der Waals surface area (Å²) < 4.78 is 0. The van der Waals surface area contributed by atoms with Crippen LogP contribution in [0.5, 0.6) is 0 Å². The van der Waals surface area contributed by atoms with E-state index in [1.165, 1.54) is 24.8 Å². The van der Waals surface area contributed by atoms with Gasteiger partial charge in [-0.25, -0.2) is 0 Å². The Morgan fingerprint density at radius 2 is 2.00 bits per heavy atom. The van der Waals surface area contributed by atoms with Crippen LogP contribution in [0.4, 0.5) is 0 Å². The molecule has 90 valence electrons. The molecule has 3 rings (SSSR count). The molecule has 0 saturated heterocycles. The first-order chi connectivity index (χ1) is 7.38. The molecule has 0 amide bonds. The minimum absolute atomic E-state index is 0.118. The summed E-state index contributed by atoms with van der Waals surface area (Å²) in [5, 5.41) is 10.5. The first-order valence-corrected chi connectivity index (χ1v) is 6.73. The lowest BCUT2D eigenvalue weighted by atomic mass is 9.69. The van der Waals surface area contributed by atoms with E-state index < -0.39 is 0 Å². The maximum atomic E-state index is 10.5. The van der Waals surface area contributed by atoms with Crippen molar-refractivity contribution in [2.75, 3.05) is 0 Å². The molecule has 3 fully saturated rings. The molecule has 5 atom stereocenters. The average molecular weight is 220 g/mol. The van der Waals surface area contributed by atoms with Crippen LogP contribution in [0.25, 0.3) is 0 Å². The van der Waals surface area contributed by atoms with Gasteiger partial charge in [-0.2, -0.15) is 0 Å². The third-order valence-electron chi connectivity index (χ3n) is 6.05. The number of hydrogen-bond donors (Lipinski definition) is 1. The highest BCUT2D eigenvalue weighted by atomic mass is 16.3. The molecule has 0 aromatic heterocycles. The van der Waals surface area contributed by atoms with E-state index in [0.29, 0.717) is 17.3 Å². The number of fused-ring (bicyclic) bond motifs is 1. The van der Waals surface area contributed by atoms with Crippen molar-refractivity contribution >= 4 is 0 Å². The minimum atomic E-state index is -0.118. The van der Waals surface area contributed by atoms with Crippen LogP contribution in [0.15, 0.2) is 12.2 Å². The zero-order valence-corrected chi connectivity index (χ0v) is 10.8. The number of rotatable bonds is 0. The molecule has 1 heteroatoms. The number of hydrogen-bond acceptors (Lipinski definition) is 1. The van der Waals surface area contributed by atoms with Gasteiger partial charge in [0.05, 0.1) is 6.10 Å². The fourth-order valence-electron chi connectivity index (χ4n) is 5.44. The molecule has 3 aliphatic carbocycles. The molecule has 1 N–H and O–H groups in total.